The number of aliphatic hydroxyl groups excluding tert-OH is 1. The largest absolute Gasteiger partial charge is 0.508 e. The summed E-state index contributed by atoms with van der Waals surface area (Å²) in [6.45, 7) is 2.44. The second kappa shape index (κ2) is 5.87. The van der Waals surface area contributed by atoms with Crippen molar-refractivity contribution in [1.29, 1.82) is 0 Å². The van der Waals surface area contributed by atoms with Crippen LogP contribution in [0.5, 0.6) is 5.75 Å². The van der Waals surface area contributed by atoms with Crippen LogP contribution < -0.4 is 0 Å². The molecule has 3 aliphatic carbocycles. The Hall–Kier alpha value is -1.35. The van der Waals surface area contributed by atoms with E-state index >= 15 is 0 Å². The van der Waals surface area contributed by atoms with E-state index in [1.165, 1.54) is 11.1 Å². The molecule has 24 heavy (non-hydrogen) atoms. The van der Waals surface area contributed by atoms with Gasteiger partial charge in [0.15, 0.2) is 0 Å². The number of ketones is 1. The number of aliphatic hydroxyl groups is 1. The Labute approximate surface area is 144 Å². The van der Waals surface area contributed by atoms with Crippen LogP contribution in [0.15, 0.2) is 18.2 Å². The number of aryl methyl sites for hydroxylation is 1. The second-order valence-electron chi connectivity index (χ2n) is 8.43. The first-order chi connectivity index (χ1) is 11.5. The fourth-order valence-corrected chi connectivity index (χ4v) is 6.25. The lowest BCUT2D eigenvalue weighted by molar-refractivity contribution is -0.129. The van der Waals surface area contributed by atoms with Crippen LogP contribution >= 0.6 is 0 Å². The van der Waals surface area contributed by atoms with Gasteiger partial charge in [-0.15, -0.1) is 0 Å². The Morgan fingerprint density at radius 3 is 2.92 bits per heavy atom. The summed E-state index contributed by atoms with van der Waals surface area (Å²) in [5, 5.41) is 19.0. The van der Waals surface area contributed by atoms with Gasteiger partial charge in [-0.3, -0.25) is 4.79 Å². The molecule has 4 unspecified atom stereocenters. The van der Waals surface area contributed by atoms with Crippen molar-refractivity contribution in [3.63, 3.8) is 0 Å². The zero-order valence-corrected chi connectivity index (χ0v) is 14.5. The lowest BCUT2D eigenvalue weighted by Crippen LogP contribution is -2.44. The van der Waals surface area contributed by atoms with E-state index in [4.69, 9.17) is 0 Å². The molecule has 0 spiro atoms. The van der Waals surface area contributed by atoms with E-state index in [0.29, 0.717) is 41.6 Å². The highest BCUT2D eigenvalue weighted by Gasteiger charge is 2.58. The molecule has 2 fully saturated rings. The van der Waals surface area contributed by atoms with Crippen molar-refractivity contribution < 1.29 is 15.0 Å². The molecule has 0 saturated heterocycles. The van der Waals surface area contributed by atoms with Crippen molar-refractivity contribution in [3.8, 4) is 5.75 Å². The fourth-order valence-electron chi connectivity index (χ4n) is 6.25. The smallest absolute Gasteiger partial charge is 0.139 e. The topological polar surface area (TPSA) is 57.5 Å². The van der Waals surface area contributed by atoms with E-state index in [0.717, 1.165) is 38.5 Å². The van der Waals surface area contributed by atoms with Crippen LogP contribution in [0.2, 0.25) is 0 Å². The Morgan fingerprint density at radius 1 is 1.29 bits per heavy atom. The molecule has 130 valence electrons. The number of phenols is 1. The monoisotopic (exact) mass is 328 g/mol. The Balaban J connectivity index is 1.68. The Morgan fingerprint density at radius 2 is 2.12 bits per heavy atom. The predicted molar refractivity (Wildman–Crippen MR) is 92.9 cm³/mol. The van der Waals surface area contributed by atoms with Crippen LogP contribution in [0.1, 0.15) is 62.5 Å². The van der Waals surface area contributed by atoms with E-state index in [1.54, 1.807) is 0 Å². The molecule has 0 amide bonds. The molecule has 0 heterocycles. The number of hydrogen-bond acceptors (Lipinski definition) is 3. The molecule has 0 aromatic heterocycles. The van der Waals surface area contributed by atoms with Crippen molar-refractivity contribution in [2.45, 2.75) is 57.8 Å². The van der Waals surface area contributed by atoms with E-state index in [9.17, 15) is 15.0 Å². The first kappa shape index (κ1) is 16.1. The molecule has 0 bridgehead atoms. The summed E-state index contributed by atoms with van der Waals surface area (Å²) in [6, 6.07) is 5.87. The summed E-state index contributed by atoms with van der Waals surface area (Å²) in [4.78, 5) is 12.8. The van der Waals surface area contributed by atoms with Gasteiger partial charge >= 0.3 is 0 Å². The average molecular weight is 328 g/mol. The van der Waals surface area contributed by atoms with E-state index in [-0.39, 0.29) is 12.0 Å². The lowest BCUT2D eigenvalue weighted by atomic mass is 9.54. The predicted octanol–water partition coefficient (Wildman–Crippen LogP) is 3.82. The molecule has 3 heteroatoms. The maximum absolute atomic E-state index is 12.8. The van der Waals surface area contributed by atoms with Crippen LogP contribution in [-0.4, -0.2) is 22.6 Å². The number of carbonyl (C=O) groups excluding carboxylic acids is 1. The standard InChI is InChI=1S/C21H28O3/c1-21-9-8-17-16-7-5-15(23)11-13(16)4-6-18(17)20(21)14(3-2-10-22)12-19(21)24/h5,7,11,14,17-18,20,22-23H,2-4,6,8-10,12H2,1H3/t14?,17?,18?,20?,21-/m1/s1. The number of phenolic OH excluding ortho intramolecular Hbond substituents is 1. The summed E-state index contributed by atoms with van der Waals surface area (Å²) in [6.07, 6.45) is 6.73. The van der Waals surface area contributed by atoms with Crippen LogP contribution in [0.4, 0.5) is 0 Å². The molecular formula is C21H28O3. The summed E-state index contributed by atoms with van der Waals surface area (Å²) in [5.41, 5.74) is 2.57. The van der Waals surface area contributed by atoms with Crippen LogP contribution in [0.25, 0.3) is 0 Å². The third-order valence-electron chi connectivity index (χ3n) is 7.29. The van der Waals surface area contributed by atoms with Crippen LogP contribution in [0, 0.1) is 23.2 Å². The number of hydrogen-bond donors (Lipinski definition) is 2. The summed E-state index contributed by atoms with van der Waals surface area (Å²) in [7, 11) is 0. The number of carbonyl (C=O) groups is 1. The van der Waals surface area contributed by atoms with E-state index in [2.05, 4.69) is 13.0 Å². The number of Topliss-reactive ketones (excluding diaryl/α,β-unsaturated/α-hetero) is 1. The maximum atomic E-state index is 12.8. The summed E-state index contributed by atoms with van der Waals surface area (Å²) < 4.78 is 0. The van der Waals surface area contributed by atoms with Crippen molar-refractivity contribution in [1.82, 2.24) is 0 Å². The molecule has 1 aromatic carbocycles. The zero-order chi connectivity index (χ0) is 16.9. The zero-order valence-electron chi connectivity index (χ0n) is 14.5. The maximum Gasteiger partial charge on any atom is 0.139 e. The minimum atomic E-state index is -0.143. The first-order valence-corrected chi connectivity index (χ1v) is 9.50. The number of rotatable bonds is 3. The summed E-state index contributed by atoms with van der Waals surface area (Å²) >= 11 is 0. The van der Waals surface area contributed by atoms with Gasteiger partial charge in [-0.25, -0.2) is 0 Å². The van der Waals surface area contributed by atoms with Crippen molar-refractivity contribution in [3.05, 3.63) is 29.3 Å². The second-order valence-corrected chi connectivity index (χ2v) is 8.43. The van der Waals surface area contributed by atoms with E-state index < -0.39 is 0 Å². The molecule has 2 N–H and O–H groups in total. The van der Waals surface area contributed by atoms with E-state index in [1.807, 2.05) is 12.1 Å². The van der Waals surface area contributed by atoms with Crippen LogP contribution in [0.3, 0.4) is 0 Å². The van der Waals surface area contributed by atoms with Gasteiger partial charge in [-0.1, -0.05) is 13.0 Å². The third-order valence-corrected chi connectivity index (χ3v) is 7.29. The minimum Gasteiger partial charge on any atom is -0.508 e. The first-order valence-electron chi connectivity index (χ1n) is 9.50. The molecule has 2 saturated carbocycles. The molecule has 0 aliphatic heterocycles. The van der Waals surface area contributed by atoms with Gasteiger partial charge < -0.3 is 10.2 Å². The van der Waals surface area contributed by atoms with Gasteiger partial charge in [-0.2, -0.15) is 0 Å². The quantitative estimate of drug-likeness (QED) is 0.887. The molecular weight excluding hydrogens is 300 g/mol. The van der Waals surface area contributed by atoms with Gasteiger partial charge in [0.1, 0.15) is 11.5 Å². The highest BCUT2D eigenvalue weighted by atomic mass is 16.3. The van der Waals surface area contributed by atoms with Crippen LogP contribution in [-0.2, 0) is 11.2 Å². The lowest BCUT2D eigenvalue weighted by Gasteiger charge is -2.50. The Bertz CT molecular complexity index is 652. The minimum absolute atomic E-state index is 0.143. The third kappa shape index (κ3) is 2.32. The van der Waals surface area contributed by atoms with Crippen molar-refractivity contribution >= 4 is 5.78 Å². The van der Waals surface area contributed by atoms with Crippen molar-refractivity contribution in [2.75, 3.05) is 6.61 Å². The SMILES string of the molecule is C[C@]12CCC3c4ccc(O)cc4CCC3C1C(CCCO)CC2=O. The fraction of sp³-hybridized carbons (Fsp3) is 0.667. The molecule has 4 rings (SSSR count). The molecule has 1 aromatic rings. The molecule has 5 atom stereocenters. The van der Waals surface area contributed by atoms with Gasteiger partial charge in [0.25, 0.3) is 0 Å². The van der Waals surface area contributed by atoms with Gasteiger partial charge in [0, 0.05) is 18.4 Å². The van der Waals surface area contributed by atoms with Crippen molar-refractivity contribution in [2.24, 2.45) is 23.2 Å². The van der Waals surface area contributed by atoms with Gasteiger partial charge in [0.2, 0.25) is 0 Å². The number of benzene rings is 1. The molecule has 0 radical (unpaired) electrons. The number of aromatic hydroxyl groups is 1. The molecule has 3 nitrogen and oxygen atoms in total. The van der Waals surface area contributed by atoms with Gasteiger partial charge in [-0.05, 0) is 85.5 Å². The average Bonchev–Trinajstić information content (AvgIpc) is 2.83. The summed E-state index contributed by atoms with van der Waals surface area (Å²) in [5.74, 6) is 2.86. The number of fused-ring (bicyclic) bond motifs is 5. The highest BCUT2D eigenvalue weighted by Crippen LogP contribution is 2.62. The normalized spacial score (nSPS) is 37.7. The molecule has 3 aliphatic rings. The van der Waals surface area contributed by atoms with Gasteiger partial charge in [0.05, 0.1) is 0 Å². The highest BCUT2D eigenvalue weighted by molar-refractivity contribution is 5.87. The Kier molecular flexibility index (Phi) is 3.95.